The monoisotopic (exact) mass is 241 g/mol. The molecule has 4 nitrogen and oxygen atoms in total. The molecule has 1 atom stereocenters. The third kappa shape index (κ3) is 3.75. The predicted molar refractivity (Wildman–Crippen MR) is 63.5 cm³/mol. The molecular formula is C11H15NO3S. The van der Waals surface area contributed by atoms with Crippen LogP contribution in [0.5, 0.6) is 5.75 Å². The lowest BCUT2D eigenvalue weighted by atomic mass is 10.3. The summed E-state index contributed by atoms with van der Waals surface area (Å²) in [6, 6.07) is 7.56. The maximum atomic E-state index is 11.4. The molecule has 0 fully saturated rings. The van der Waals surface area contributed by atoms with Gasteiger partial charge in [0.05, 0.1) is 19.5 Å². The summed E-state index contributed by atoms with van der Waals surface area (Å²) in [5, 5.41) is -0.201. The summed E-state index contributed by atoms with van der Waals surface area (Å²) >= 11 is 1.46. The van der Waals surface area contributed by atoms with Gasteiger partial charge >= 0.3 is 0 Å². The van der Waals surface area contributed by atoms with Crippen molar-refractivity contribution in [2.24, 2.45) is 0 Å². The molecule has 0 aliphatic rings. The summed E-state index contributed by atoms with van der Waals surface area (Å²) in [6.07, 6.45) is 0. The Labute approximate surface area is 99.3 Å². The fourth-order valence-electron chi connectivity index (χ4n) is 1.10. The van der Waals surface area contributed by atoms with E-state index >= 15 is 0 Å². The van der Waals surface area contributed by atoms with Gasteiger partial charge < -0.3 is 4.74 Å². The van der Waals surface area contributed by atoms with E-state index in [1.54, 1.807) is 7.11 Å². The summed E-state index contributed by atoms with van der Waals surface area (Å²) in [4.78, 5) is 17.0. The second kappa shape index (κ2) is 6.40. The van der Waals surface area contributed by atoms with Crippen molar-refractivity contribution in [3.05, 3.63) is 24.3 Å². The van der Waals surface area contributed by atoms with Crippen LogP contribution in [0.15, 0.2) is 29.2 Å². The molecular weight excluding hydrogens is 226 g/mol. The van der Waals surface area contributed by atoms with Crippen LogP contribution in [0.1, 0.15) is 6.92 Å². The molecule has 88 valence electrons. The Hall–Kier alpha value is -1.20. The number of rotatable bonds is 5. The molecule has 0 saturated heterocycles. The number of carbonyl (C=O) groups is 1. The van der Waals surface area contributed by atoms with Gasteiger partial charge in [0.15, 0.2) is 0 Å². The molecule has 1 aromatic rings. The molecule has 0 saturated carbocycles. The van der Waals surface area contributed by atoms with Gasteiger partial charge in [-0.05, 0) is 31.2 Å². The van der Waals surface area contributed by atoms with E-state index in [0.29, 0.717) is 0 Å². The second-order valence-corrected chi connectivity index (χ2v) is 4.52. The van der Waals surface area contributed by atoms with Crippen LogP contribution in [0.3, 0.4) is 0 Å². The zero-order chi connectivity index (χ0) is 12.0. The molecule has 0 aromatic heterocycles. The number of benzene rings is 1. The minimum absolute atomic E-state index is 0.150. The summed E-state index contributed by atoms with van der Waals surface area (Å²) < 4.78 is 5.05. The lowest BCUT2D eigenvalue weighted by Gasteiger charge is -2.10. The molecule has 1 N–H and O–H groups in total. The normalized spacial score (nSPS) is 11.9. The quantitative estimate of drug-likeness (QED) is 0.631. The van der Waals surface area contributed by atoms with Gasteiger partial charge in [-0.2, -0.15) is 0 Å². The van der Waals surface area contributed by atoms with E-state index in [2.05, 4.69) is 10.3 Å². The first-order valence-corrected chi connectivity index (χ1v) is 5.69. The highest BCUT2D eigenvalue weighted by molar-refractivity contribution is 8.00. The van der Waals surface area contributed by atoms with Crippen molar-refractivity contribution < 1.29 is 14.4 Å². The van der Waals surface area contributed by atoms with Gasteiger partial charge in [0.2, 0.25) is 0 Å². The minimum atomic E-state index is -0.201. The highest BCUT2D eigenvalue weighted by Gasteiger charge is 2.13. The van der Waals surface area contributed by atoms with Gasteiger partial charge in [-0.15, -0.1) is 11.8 Å². The van der Waals surface area contributed by atoms with E-state index in [9.17, 15) is 4.79 Å². The average molecular weight is 241 g/mol. The summed E-state index contributed by atoms with van der Waals surface area (Å²) in [5.41, 5.74) is 2.30. The maximum Gasteiger partial charge on any atom is 0.256 e. The van der Waals surface area contributed by atoms with Crippen LogP contribution < -0.4 is 10.2 Å². The lowest BCUT2D eigenvalue weighted by Crippen LogP contribution is -2.29. The highest BCUT2D eigenvalue weighted by Crippen LogP contribution is 2.25. The first-order valence-electron chi connectivity index (χ1n) is 4.81. The first kappa shape index (κ1) is 12.9. The number of hydrogen-bond donors (Lipinski definition) is 1. The van der Waals surface area contributed by atoms with Crippen molar-refractivity contribution in [3.63, 3.8) is 0 Å². The van der Waals surface area contributed by atoms with Crippen LogP contribution in [0, 0.1) is 0 Å². The average Bonchev–Trinajstić information content (AvgIpc) is 2.30. The number of ether oxygens (including phenoxy) is 1. The Morgan fingerprint density at radius 3 is 2.44 bits per heavy atom. The van der Waals surface area contributed by atoms with E-state index in [-0.39, 0.29) is 11.2 Å². The molecule has 1 amide bonds. The minimum Gasteiger partial charge on any atom is -0.497 e. The van der Waals surface area contributed by atoms with Crippen LogP contribution >= 0.6 is 11.8 Å². The number of carbonyl (C=O) groups excluding carboxylic acids is 1. The van der Waals surface area contributed by atoms with Gasteiger partial charge in [0.1, 0.15) is 5.75 Å². The van der Waals surface area contributed by atoms with Crippen LogP contribution in [0.25, 0.3) is 0 Å². The topological polar surface area (TPSA) is 47.6 Å². The highest BCUT2D eigenvalue weighted by atomic mass is 32.2. The summed E-state index contributed by atoms with van der Waals surface area (Å²) in [5.74, 6) is 0.654. The van der Waals surface area contributed by atoms with Gasteiger partial charge in [0.25, 0.3) is 5.91 Å². The van der Waals surface area contributed by atoms with Crippen molar-refractivity contribution in [2.75, 3.05) is 14.2 Å². The number of thioether (sulfide) groups is 1. The lowest BCUT2D eigenvalue weighted by molar-refractivity contribution is -0.130. The first-order chi connectivity index (χ1) is 7.67. The van der Waals surface area contributed by atoms with Crippen molar-refractivity contribution in [1.29, 1.82) is 0 Å². The maximum absolute atomic E-state index is 11.4. The number of methoxy groups -OCH3 is 1. The number of nitrogens with one attached hydrogen (secondary N) is 1. The summed E-state index contributed by atoms with van der Waals surface area (Å²) in [7, 11) is 3.04. The third-order valence-corrected chi connectivity index (χ3v) is 3.06. The third-order valence-electron chi connectivity index (χ3n) is 1.94. The van der Waals surface area contributed by atoms with Crippen molar-refractivity contribution in [1.82, 2.24) is 5.48 Å². The van der Waals surface area contributed by atoms with Gasteiger partial charge in [-0.25, -0.2) is 5.48 Å². The van der Waals surface area contributed by atoms with Gasteiger partial charge in [-0.3, -0.25) is 9.63 Å². The molecule has 1 rings (SSSR count). The molecule has 0 aliphatic carbocycles. The van der Waals surface area contributed by atoms with Crippen LogP contribution in [0.2, 0.25) is 0 Å². The van der Waals surface area contributed by atoms with Crippen LogP contribution in [-0.2, 0) is 9.63 Å². The van der Waals surface area contributed by atoms with Crippen molar-refractivity contribution >= 4 is 17.7 Å². The fraction of sp³-hybridized carbons (Fsp3) is 0.364. The van der Waals surface area contributed by atoms with E-state index in [1.165, 1.54) is 18.9 Å². The Kier molecular flexibility index (Phi) is 5.14. The van der Waals surface area contributed by atoms with Gasteiger partial charge in [0, 0.05) is 4.90 Å². The van der Waals surface area contributed by atoms with Crippen LogP contribution in [-0.4, -0.2) is 25.4 Å². The van der Waals surface area contributed by atoms with E-state index in [4.69, 9.17) is 4.74 Å². The Morgan fingerprint density at radius 1 is 1.31 bits per heavy atom. The zero-order valence-electron chi connectivity index (χ0n) is 9.52. The molecule has 5 heteroatoms. The molecule has 1 unspecified atom stereocenters. The molecule has 0 radical (unpaired) electrons. The van der Waals surface area contributed by atoms with Crippen molar-refractivity contribution in [3.8, 4) is 5.75 Å². The van der Waals surface area contributed by atoms with Crippen LogP contribution in [0.4, 0.5) is 0 Å². The fourth-order valence-corrected chi connectivity index (χ4v) is 1.95. The van der Waals surface area contributed by atoms with E-state index in [1.807, 2.05) is 31.2 Å². The van der Waals surface area contributed by atoms with Crippen molar-refractivity contribution in [2.45, 2.75) is 17.1 Å². The number of hydroxylamine groups is 1. The number of amides is 1. The smallest absolute Gasteiger partial charge is 0.256 e. The Bertz CT molecular complexity index is 340. The van der Waals surface area contributed by atoms with E-state index in [0.717, 1.165) is 10.6 Å². The second-order valence-electron chi connectivity index (χ2n) is 3.11. The Balaban J connectivity index is 2.55. The Morgan fingerprint density at radius 2 is 1.94 bits per heavy atom. The van der Waals surface area contributed by atoms with E-state index < -0.39 is 0 Å². The molecule has 1 aromatic carbocycles. The zero-order valence-corrected chi connectivity index (χ0v) is 10.3. The SMILES string of the molecule is CONC(=O)C(C)Sc1ccc(OC)cc1. The molecule has 0 spiro atoms. The standard InChI is InChI=1S/C11H15NO3S/c1-8(11(13)12-15-3)16-10-6-4-9(14-2)5-7-10/h4-8H,1-3H3,(H,12,13). The number of hydrogen-bond acceptors (Lipinski definition) is 4. The summed E-state index contributed by atoms with van der Waals surface area (Å²) in [6.45, 7) is 1.82. The molecule has 0 heterocycles. The largest absolute Gasteiger partial charge is 0.497 e. The molecule has 0 aliphatic heterocycles. The molecule has 16 heavy (non-hydrogen) atoms. The predicted octanol–water partition coefficient (Wildman–Crippen LogP) is 1.85. The molecule has 0 bridgehead atoms. The van der Waals surface area contributed by atoms with Gasteiger partial charge in [-0.1, -0.05) is 0 Å².